The normalized spacial score (nSPS) is 33.8. The first kappa shape index (κ1) is 17.2. The third-order valence-corrected chi connectivity index (χ3v) is 6.81. The average Bonchev–Trinajstić information content (AvgIpc) is 2.67. The van der Waals surface area contributed by atoms with Crippen LogP contribution >= 0.6 is 0 Å². The summed E-state index contributed by atoms with van der Waals surface area (Å²) in [6, 6.07) is 8.67. The van der Waals surface area contributed by atoms with Crippen molar-refractivity contribution in [1.29, 1.82) is 0 Å². The number of anilines is 1. The van der Waals surface area contributed by atoms with Gasteiger partial charge < -0.3 is 14.7 Å². The van der Waals surface area contributed by atoms with Crippen LogP contribution in [-0.4, -0.2) is 55.4 Å². The molecule has 1 aromatic rings. The second-order valence-corrected chi connectivity index (χ2v) is 8.11. The molecule has 4 nitrogen and oxygen atoms in total. The fourth-order valence-electron chi connectivity index (χ4n) is 5.42. The van der Waals surface area contributed by atoms with Crippen LogP contribution in [0.3, 0.4) is 0 Å². The Morgan fingerprint density at radius 2 is 1.64 bits per heavy atom. The zero-order valence-corrected chi connectivity index (χ0v) is 15.4. The molecule has 3 fully saturated rings. The molecule has 0 aromatic heterocycles. The number of ether oxygens (including phenoxy) is 1. The number of aliphatic hydroxyl groups excluding tert-OH is 1. The molecule has 1 heterocycles. The number of methoxy groups -OCH3 is 1. The number of nitrogens with zero attached hydrogens (tertiary/aromatic N) is 2. The van der Waals surface area contributed by atoms with Crippen LogP contribution in [0.2, 0.25) is 0 Å². The van der Waals surface area contributed by atoms with Gasteiger partial charge in [0.2, 0.25) is 0 Å². The van der Waals surface area contributed by atoms with Gasteiger partial charge in [-0.3, -0.25) is 4.90 Å². The van der Waals surface area contributed by atoms with Crippen LogP contribution in [0.1, 0.15) is 38.5 Å². The van der Waals surface area contributed by atoms with E-state index in [0.717, 1.165) is 50.2 Å². The smallest absolute Gasteiger partial charge is 0.142 e. The standard InChI is InChI=1S/C21H32N2O2/c1-25-21-9-5-4-8-18(21)22-10-12-23(13-11-22)19-14-16-6-2-3-7-17(16)15-20(19)24/h4-5,8-9,16-17,19-20,24H,2-3,6-7,10-15H2,1H3/t16-,17-,19+,20+/m0/s1. The first-order chi connectivity index (χ1) is 12.3. The molecule has 4 heteroatoms. The van der Waals surface area contributed by atoms with Gasteiger partial charge in [0.25, 0.3) is 0 Å². The Morgan fingerprint density at radius 1 is 0.960 bits per heavy atom. The summed E-state index contributed by atoms with van der Waals surface area (Å²) >= 11 is 0. The number of aliphatic hydroxyl groups is 1. The minimum atomic E-state index is -0.128. The Balaban J connectivity index is 1.38. The van der Waals surface area contributed by atoms with Crippen LogP contribution in [0.25, 0.3) is 0 Å². The summed E-state index contributed by atoms with van der Waals surface area (Å²) in [7, 11) is 1.74. The van der Waals surface area contributed by atoms with E-state index in [1.807, 2.05) is 12.1 Å². The molecule has 0 unspecified atom stereocenters. The van der Waals surface area contributed by atoms with Crippen molar-refractivity contribution in [2.75, 3.05) is 38.2 Å². The molecule has 2 saturated carbocycles. The van der Waals surface area contributed by atoms with Crippen LogP contribution in [0, 0.1) is 11.8 Å². The maximum atomic E-state index is 10.7. The second kappa shape index (κ2) is 7.55. The third kappa shape index (κ3) is 3.52. The monoisotopic (exact) mass is 344 g/mol. The van der Waals surface area contributed by atoms with Crippen molar-refractivity contribution < 1.29 is 9.84 Å². The molecule has 0 radical (unpaired) electrons. The molecule has 3 aliphatic rings. The van der Waals surface area contributed by atoms with E-state index in [-0.39, 0.29) is 6.10 Å². The zero-order valence-electron chi connectivity index (χ0n) is 15.4. The lowest BCUT2D eigenvalue weighted by Gasteiger charge is -2.48. The fourth-order valence-corrected chi connectivity index (χ4v) is 5.42. The first-order valence-corrected chi connectivity index (χ1v) is 10.1. The van der Waals surface area contributed by atoms with Gasteiger partial charge in [-0.25, -0.2) is 0 Å². The van der Waals surface area contributed by atoms with Gasteiger partial charge in [0.1, 0.15) is 5.75 Å². The van der Waals surface area contributed by atoms with Gasteiger partial charge in [-0.2, -0.15) is 0 Å². The predicted octanol–water partition coefficient (Wildman–Crippen LogP) is 3.15. The van der Waals surface area contributed by atoms with Crippen molar-refractivity contribution in [2.24, 2.45) is 11.8 Å². The van der Waals surface area contributed by atoms with Gasteiger partial charge in [0.15, 0.2) is 0 Å². The Morgan fingerprint density at radius 3 is 2.36 bits per heavy atom. The van der Waals surface area contributed by atoms with Gasteiger partial charge in [0, 0.05) is 32.2 Å². The molecule has 138 valence electrons. The van der Waals surface area contributed by atoms with Crippen LogP contribution in [-0.2, 0) is 0 Å². The molecule has 0 bridgehead atoms. The lowest BCUT2D eigenvalue weighted by atomic mass is 9.68. The van der Waals surface area contributed by atoms with Crippen LogP contribution in [0.15, 0.2) is 24.3 Å². The number of benzene rings is 1. The molecular weight excluding hydrogens is 312 g/mol. The molecule has 2 aliphatic carbocycles. The van der Waals surface area contributed by atoms with Crippen molar-refractivity contribution in [3.05, 3.63) is 24.3 Å². The molecule has 1 aromatic carbocycles. The van der Waals surface area contributed by atoms with E-state index in [1.54, 1.807) is 7.11 Å². The van der Waals surface area contributed by atoms with E-state index in [1.165, 1.54) is 37.8 Å². The molecule has 4 rings (SSSR count). The SMILES string of the molecule is COc1ccccc1N1CCN([C@@H]2C[C@@H]3CCCC[C@H]3C[C@H]2O)CC1. The zero-order chi connectivity index (χ0) is 17.2. The summed E-state index contributed by atoms with van der Waals surface area (Å²) in [4.78, 5) is 4.98. The quantitative estimate of drug-likeness (QED) is 0.914. The molecule has 4 atom stereocenters. The van der Waals surface area contributed by atoms with Crippen LogP contribution in [0.5, 0.6) is 5.75 Å². The fraction of sp³-hybridized carbons (Fsp3) is 0.714. The average molecular weight is 344 g/mol. The molecule has 0 spiro atoms. The topological polar surface area (TPSA) is 35.9 Å². The lowest BCUT2D eigenvalue weighted by molar-refractivity contribution is -0.0332. The maximum Gasteiger partial charge on any atom is 0.142 e. The summed E-state index contributed by atoms with van der Waals surface area (Å²) in [5.41, 5.74) is 1.20. The summed E-state index contributed by atoms with van der Waals surface area (Å²) in [5.74, 6) is 2.60. The molecule has 1 aliphatic heterocycles. The van der Waals surface area contributed by atoms with Crippen molar-refractivity contribution >= 4 is 5.69 Å². The second-order valence-electron chi connectivity index (χ2n) is 8.11. The van der Waals surface area contributed by atoms with Gasteiger partial charge in [-0.05, 0) is 36.8 Å². The molecular formula is C21H32N2O2. The highest BCUT2D eigenvalue weighted by atomic mass is 16.5. The van der Waals surface area contributed by atoms with Gasteiger partial charge >= 0.3 is 0 Å². The van der Waals surface area contributed by atoms with E-state index in [4.69, 9.17) is 4.74 Å². The molecule has 1 N–H and O–H groups in total. The van der Waals surface area contributed by atoms with Crippen molar-refractivity contribution in [3.8, 4) is 5.75 Å². The minimum absolute atomic E-state index is 0.128. The Kier molecular flexibility index (Phi) is 5.18. The number of hydrogen-bond acceptors (Lipinski definition) is 4. The molecule has 1 saturated heterocycles. The Hall–Kier alpha value is -1.26. The minimum Gasteiger partial charge on any atom is -0.495 e. The predicted molar refractivity (Wildman–Crippen MR) is 101 cm³/mol. The summed E-state index contributed by atoms with van der Waals surface area (Å²) in [6.07, 6.45) is 7.60. The summed E-state index contributed by atoms with van der Waals surface area (Å²) < 4.78 is 5.52. The number of hydrogen-bond donors (Lipinski definition) is 1. The number of rotatable bonds is 3. The Labute approximate surface area is 151 Å². The third-order valence-electron chi connectivity index (χ3n) is 6.81. The highest BCUT2D eigenvalue weighted by Gasteiger charge is 2.40. The van der Waals surface area contributed by atoms with E-state index < -0.39 is 0 Å². The highest BCUT2D eigenvalue weighted by Crippen LogP contribution is 2.42. The van der Waals surface area contributed by atoms with E-state index in [0.29, 0.717) is 6.04 Å². The summed E-state index contributed by atoms with van der Waals surface area (Å²) in [6.45, 7) is 4.10. The Bertz CT molecular complexity index is 571. The van der Waals surface area contributed by atoms with Crippen molar-refractivity contribution in [2.45, 2.75) is 50.7 Å². The van der Waals surface area contributed by atoms with Crippen LogP contribution < -0.4 is 9.64 Å². The van der Waals surface area contributed by atoms with Gasteiger partial charge in [-0.1, -0.05) is 37.8 Å². The first-order valence-electron chi connectivity index (χ1n) is 10.1. The van der Waals surface area contributed by atoms with Gasteiger partial charge in [0.05, 0.1) is 18.9 Å². The lowest BCUT2D eigenvalue weighted by Crippen LogP contribution is -2.56. The van der Waals surface area contributed by atoms with Crippen molar-refractivity contribution in [1.82, 2.24) is 4.90 Å². The van der Waals surface area contributed by atoms with E-state index >= 15 is 0 Å². The molecule has 0 amide bonds. The van der Waals surface area contributed by atoms with Gasteiger partial charge in [-0.15, -0.1) is 0 Å². The number of fused-ring (bicyclic) bond motifs is 1. The molecule has 25 heavy (non-hydrogen) atoms. The highest BCUT2D eigenvalue weighted by molar-refractivity contribution is 5.58. The number of piperazine rings is 1. The van der Waals surface area contributed by atoms with E-state index in [2.05, 4.69) is 21.9 Å². The maximum absolute atomic E-state index is 10.7. The van der Waals surface area contributed by atoms with Crippen LogP contribution in [0.4, 0.5) is 5.69 Å². The summed E-state index contributed by atoms with van der Waals surface area (Å²) in [5, 5.41) is 10.7. The van der Waals surface area contributed by atoms with Crippen molar-refractivity contribution in [3.63, 3.8) is 0 Å². The number of para-hydroxylation sites is 2. The largest absolute Gasteiger partial charge is 0.495 e. The van der Waals surface area contributed by atoms with E-state index in [9.17, 15) is 5.11 Å².